The number of aromatic nitrogens is 1. The van der Waals surface area contributed by atoms with Gasteiger partial charge in [0.25, 0.3) is 0 Å². The number of nitrogens with zero attached hydrogens (tertiary/aromatic N) is 1. The van der Waals surface area contributed by atoms with Crippen LogP contribution in [0.15, 0.2) is 59.5 Å². The quantitative estimate of drug-likeness (QED) is 0.478. The first-order valence-electron chi connectivity index (χ1n) is 11.3. The molecule has 0 spiro atoms. The largest absolute Gasteiger partial charge is 0.418 e. The summed E-state index contributed by atoms with van der Waals surface area (Å²) in [5, 5.41) is 11.4. The SMILES string of the molecule is CC(C)(CC(O)(Cn1ccc(=O)c2ccccc21)C(F)(F)F)c1cccc(F)c1C1OCCCO1. The summed E-state index contributed by atoms with van der Waals surface area (Å²) in [5.41, 5.74) is -4.28. The Morgan fingerprint density at radius 3 is 2.40 bits per heavy atom. The second-order valence-corrected chi connectivity index (χ2v) is 9.54. The van der Waals surface area contributed by atoms with E-state index in [0.29, 0.717) is 19.6 Å². The van der Waals surface area contributed by atoms with Crippen molar-refractivity contribution in [3.05, 3.63) is 81.9 Å². The van der Waals surface area contributed by atoms with Crippen LogP contribution in [0.2, 0.25) is 0 Å². The molecule has 35 heavy (non-hydrogen) atoms. The van der Waals surface area contributed by atoms with E-state index in [-0.39, 0.29) is 27.5 Å². The molecule has 1 fully saturated rings. The highest BCUT2D eigenvalue weighted by molar-refractivity contribution is 5.78. The molecule has 0 amide bonds. The molecular formula is C26H27F4NO4. The second-order valence-electron chi connectivity index (χ2n) is 9.54. The molecule has 1 unspecified atom stereocenters. The molecule has 0 bridgehead atoms. The Morgan fingerprint density at radius 1 is 1.03 bits per heavy atom. The lowest BCUT2D eigenvalue weighted by Crippen LogP contribution is -2.52. The van der Waals surface area contributed by atoms with E-state index < -0.39 is 42.3 Å². The van der Waals surface area contributed by atoms with E-state index in [1.807, 2.05) is 0 Å². The summed E-state index contributed by atoms with van der Waals surface area (Å²) < 4.78 is 70.4. The fraction of sp³-hybridized carbons (Fsp3) is 0.423. The minimum Gasteiger partial charge on any atom is -0.379 e. The number of pyridine rings is 1. The van der Waals surface area contributed by atoms with Gasteiger partial charge in [-0.3, -0.25) is 4.79 Å². The fourth-order valence-corrected chi connectivity index (χ4v) is 4.77. The normalized spacial score (nSPS) is 17.5. The van der Waals surface area contributed by atoms with E-state index in [9.17, 15) is 27.5 Å². The molecule has 1 aliphatic rings. The number of rotatable bonds is 6. The van der Waals surface area contributed by atoms with Gasteiger partial charge < -0.3 is 19.1 Å². The molecule has 188 valence electrons. The van der Waals surface area contributed by atoms with E-state index in [2.05, 4.69) is 0 Å². The Hall–Kier alpha value is -2.75. The van der Waals surface area contributed by atoms with Gasteiger partial charge in [0.2, 0.25) is 0 Å². The lowest BCUT2D eigenvalue weighted by Gasteiger charge is -2.40. The maximum Gasteiger partial charge on any atom is 0.418 e. The van der Waals surface area contributed by atoms with Crippen LogP contribution in [-0.4, -0.2) is 34.7 Å². The maximum absolute atomic E-state index is 14.9. The van der Waals surface area contributed by atoms with E-state index in [4.69, 9.17) is 9.47 Å². The first-order valence-corrected chi connectivity index (χ1v) is 11.3. The highest BCUT2D eigenvalue weighted by Gasteiger charge is 2.56. The van der Waals surface area contributed by atoms with Crippen molar-refractivity contribution in [2.45, 2.75) is 56.7 Å². The third-order valence-corrected chi connectivity index (χ3v) is 6.42. The molecule has 1 N–H and O–H groups in total. The van der Waals surface area contributed by atoms with Gasteiger partial charge in [0.1, 0.15) is 5.82 Å². The molecule has 2 aromatic carbocycles. The Balaban J connectivity index is 1.76. The number of hydrogen-bond donors (Lipinski definition) is 1. The van der Waals surface area contributed by atoms with Gasteiger partial charge in [-0.2, -0.15) is 13.2 Å². The average molecular weight is 493 g/mol. The fourth-order valence-electron chi connectivity index (χ4n) is 4.77. The number of ether oxygens (including phenoxy) is 2. The maximum atomic E-state index is 14.9. The number of halogens is 4. The van der Waals surface area contributed by atoms with Crippen molar-refractivity contribution >= 4 is 10.9 Å². The van der Waals surface area contributed by atoms with E-state index >= 15 is 0 Å². The van der Waals surface area contributed by atoms with Gasteiger partial charge >= 0.3 is 6.18 Å². The number of aliphatic hydroxyl groups is 1. The van der Waals surface area contributed by atoms with Gasteiger partial charge in [0.15, 0.2) is 17.3 Å². The van der Waals surface area contributed by atoms with Gasteiger partial charge in [0.05, 0.1) is 25.3 Å². The Kier molecular flexibility index (Phi) is 6.78. The van der Waals surface area contributed by atoms with Crippen molar-refractivity contribution < 1.29 is 32.1 Å². The van der Waals surface area contributed by atoms with Gasteiger partial charge in [-0.1, -0.05) is 38.1 Å². The first-order chi connectivity index (χ1) is 16.4. The zero-order valence-electron chi connectivity index (χ0n) is 19.4. The number of benzene rings is 2. The number of alkyl halides is 3. The molecule has 4 rings (SSSR count). The van der Waals surface area contributed by atoms with Crippen LogP contribution in [-0.2, 0) is 21.4 Å². The Labute approximate surface area is 199 Å². The van der Waals surface area contributed by atoms with Crippen LogP contribution < -0.4 is 5.43 Å². The highest BCUT2D eigenvalue weighted by Crippen LogP contribution is 2.45. The zero-order valence-corrected chi connectivity index (χ0v) is 19.4. The summed E-state index contributed by atoms with van der Waals surface area (Å²) in [6.07, 6.45) is -4.95. The number of para-hydroxylation sites is 1. The molecule has 0 saturated carbocycles. The Morgan fingerprint density at radius 2 is 1.71 bits per heavy atom. The van der Waals surface area contributed by atoms with Crippen LogP contribution >= 0.6 is 0 Å². The lowest BCUT2D eigenvalue weighted by molar-refractivity contribution is -0.271. The smallest absolute Gasteiger partial charge is 0.379 e. The summed E-state index contributed by atoms with van der Waals surface area (Å²) in [6, 6.07) is 11.6. The van der Waals surface area contributed by atoms with Crippen molar-refractivity contribution in [3.8, 4) is 0 Å². The molecule has 5 nitrogen and oxygen atoms in total. The zero-order chi connectivity index (χ0) is 25.4. The van der Waals surface area contributed by atoms with Crippen LogP contribution in [0.5, 0.6) is 0 Å². The third kappa shape index (κ3) is 4.98. The van der Waals surface area contributed by atoms with Gasteiger partial charge in [-0.05, 0) is 42.0 Å². The molecule has 0 aliphatic carbocycles. The van der Waals surface area contributed by atoms with Crippen molar-refractivity contribution in [1.82, 2.24) is 4.57 Å². The van der Waals surface area contributed by atoms with Gasteiger partial charge in [0, 0.05) is 23.2 Å². The molecule has 1 aromatic heterocycles. The molecule has 1 saturated heterocycles. The summed E-state index contributed by atoms with van der Waals surface area (Å²) in [5.74, 6) is -0.649. The molecule has 1 aliphatic heterocycles. The Bertz CT molecular complexity index is 1260. The second kappa shape index (κ2) is 9.37. The van der Waals surface area contributed by atoms with Crippen LogP contribution in [0.4, 0.5) is 17.6 Å². The lowest BCUT2D eigenvalue weighted by atomic mass is 9.73. The standard InChI is InChI=1S/C26H27F4NO4/c1-24(2,18-8-5-9-19(27)22(18)23-34-13-6-14-35-23)15-25(33,26(28,29)30)16-31-12-11-21(32)17-7-3-4-10-20(17)31/h3-5,7-12,23,33H,6,13-16H2,1-2H3. The van der Waals surface area contributed by atoms with Crippen LogP contribution in [0.1, 0.15) is 44.1 Å². The van der Waals surface area contributed by atoms with Crippen LogP contribution in [0, 0.1) is 5.82 Å². The number of fused-ring (bicyclic) bond motifs is 1. The minimum atomic E-state index is -5.01. The monoisotopic (exact) mass is 493 g/mol. The van der Waals surface area contributed by atoms with Crippen molar-refractivity contribution in [1.29, 1.82) is 0 Å². The summed E-state index contributed by atoms with van der Waals surface area (Å²) in [6.45, 7) is 2.88. The summed E-state index contributed by atoms with van der Waals surface area (Å²) in [4.78, 5) is 12.2. The average Bonchev–Trinajstić information content (AvgIpc) is 2.80. The predicted octanol–water partition coefficient (Wildman–Crippen LogP) is 5.24. The summed E-state index contributed by atoms with van der Waals surface area (Å²) >= 11 is 0. The molecule has 1 atom stereocenters. The van der Waals surface area contributed by atoms with E-state index in [1.165, 1.54) is 61.0 Å². The molecule has 3 aromatic rings. The van der Waals surface area contributed by atoms with Crippen LogP contribution in [0.25, 0.3) is 10.9 Å². The molecule has 0 radical (unpaired) electrons. The van der Waals surface area contributed by atoms with Crippen LogP contribution in [0.3, 0.4) is 0 Å². The molecule has 9 heteroatoms. The van der Waals surface area contributed by atoms with Gasteiger partial charge in [-0.25, -0.2) is 4.39 Å². The first kappa shape index (κ1) is 25.3. The summed E-state index contributed by atoms with van der Waals surface area (Å²) in [7, 11) is 0. The molecule has 2 heterocycles. The van der Waals surface area contributed by atoms with Gasteiger partial charge in [-0.15, -0.1) is 0 Å². The third-order valence-electron chi connectivity index (χ3n) is 6.42. The van der Waals surface area contributed by atoms with Crippen molar-refractivity contribution in [2.75, 3.05) is 13.2 Å². The minimum absolute atomic E-state index is 0.0375. The number of hydrogen-bond acceptors (Lipinski definition) is 4. The molecular weight excluding hydrogens is 466 g/mol. The topological polar surface area (TPSA) is 60.7 Å². The van der Waals surface area contributed by atoms with Crippen molar-refractivity contribution in [2.24, 2.45) is 0 Å². The van der Waals surface area contributed by atoms with E-state index in [0.717, 1.165) is 0 Å². The highest BCUT2D eigenvalue weighted by atomic mass is 19.4. The predicted molar refractivity (Wildman–Crippen MR) is 123 cm³/mol. The van der Waals surface area contributed by atoms with Crippen molar-refractivity contribution in [3.63, 3.8) is 0 Å². The van der Waals surface area contributed by atoms with E-state index in [1.54, 1.807) is 12.1 Å².